The zero-order chi connectivity index (χ0) is 18.0. The number of nitrogens with one attached hydrogen (secondary N) is 1. The van der Waals surface area contributed by atoms with Gasteiger partial charge in [0.1, 0.15) is 17.2 Å². The summed E-state index contributed by atoms with van der Waals surface area (Å²) in [5.41, 5.74) is 2.55. The number of hydrogen-bond acceptors (Lipinski definition) is 2. The molecule has 25 heavy (non-hydrogen) atoms. The number of ether oxygens (including phenoxy) is 1. The van der Waals surface area contributed by atoms with Crippen molar-refractivity contribution in [1.29, 1.82) is 0 Å². The molecular weight excluding hydrogens is 317 g/mol. The summed E-state index contributed by atoms with van der Waals surface area (Å²) in [6, 6.07) is 11.9. The fourth-order valence-electron chi connectivity index (χ4n) is 3.05. The molecule has 130 valence electrons. The van der Waals surface area contributed by atoms with Crippen molar-refractivity contribution in [3.8, 4) is 5.75 Å². The molecule has 3 nitrogen and oxygen atoms in total. The average Bonchev–Trinajstić information content (AvgIpc) is 2.52. The highest BCUT2D eigenvalue weighted by molar-refractivity contribution is 5.92. The van der Waals surface area contributed by atoms with Crippen molar-refractivity contribution in [3.05, 3.63) is 71.0 Å². The van der Waals surface area contributed by atoms with Crippen LogP contribution < -0.4 is 10.1 Å². The zero-order valence-electron chi connectivity index (χ0n) is 14.7. The van der Waals surface area contributed by atoms with Gasteiger partial charge in [0.25, 0.3) is 0 Å². The van der Waals surface area contributed by atoms with Crippen molar-refractivity contribution in [2.75, 3.05) is 0 Å². The summed E-state index contributed by atoms with van der Waals surface area (Å²) in [5.74, 6) is 0.348. The maximum absolute atomic E-state index is 12.9. The lowest BCUT2D eigenvalue weighted by atomic mass is 9.89. The molecule has 1 aliphatic rings. The van der Waals surface area contributed by atoms with Crippen LogP contribution in [0.1, 0.15) is 43.0 Å². The van der Waals surface area contributed by atoms with Gasteiger partial charge in [-0.25, -0.2) is 4.39 Å². The van der Waals surface area contributed by atoms with Gasteiger partial charge in [0.05, 0.1) is 6.04 Å². The van der Waals surface area contributed by atoms with Crippen LogP contribution in [0.3, 0.4) is 0 Å². The predicted octanol–water partition coefficient (Wildman–Crippen LogP) is 4.57. The van der Waals surface area contributed by atoms with Gasteiger partial charge in [-0.2, -0.15) is 0 Å². The summed E-state index contributed by atoms with van der Waals surface area (Å²) >= 11 is 0. The molecule has 0 aliphatic carbocycles. The Hall–Kier alpha value is -2.62. The minimum Gasteiger partial charge on any atom is -0.487 e. The van der Waals surface area contributed by atoms with Gasteiger partial charge in [0.2, 0.25) is 5.91 Å². The van der Waals surface area contributed by atoms with E-state index in [1.54, 1.807) is 18.2 Å². The van der Waals surface area contributed by atoms with Gasteiger partial charge in [-0.05, 0) is 56.2 Å². The lowest BCUT2D eigenvalue weighted by Gasteiger charge is -2.38. The van der Waals surface area contributed by atoms with Crippen LogP contribution in [0.2, 0.25) is 0 Å². The fraction of sp³-hybridized carbons (Fsp3) is 0.286. The summed E-state index contributed by atoms with van der Waals surface area (Å²) in [4.78, 5) is 12.3. The lowest BCUT2D eigenvalue weighted by molar-refractivity contribution is -0.117. The number of carbonyl (C=O) groups excluding carboxylic acids is 1. The molecule has 0 radical (unpaired) electrons. The minimum atomic E-state index is -0.348. The van der Waals surface area contributed by atoms with Gasteiger partial charge in [0, 0.05) is 18.1 Å². The van der Waals surface area contributed by atoms with Crippen LogP contribution in [0.4, 0.5) is 4.39 Å². The van der Waals surface area contributed by atoms with Crippen LogP contribution in [0, 0.1) is 12.7 Å². The van der Waals surface area contributed by atoms with Gasteiger partial charge in [-0.1, -0.05) is 24.3 Å². The van der Waals surface area contributed by atoms with E-state index in [0.29, 0.717) is 6.42 Å². The second-order valence-electron chi connectivity index (χ2n) is 7.05. The van der Waals surface area contributed by atoms with Gasteiger partial charge >= 0.3 is 0 Å². The molecule has 0 spiro atoms. The maximum atomic E-state index is 12.9. The Balaban J connectivity index is 1.75. The highest BCUT2D eigenvalue weighted by Crippen LogP contribution is 2.39. The Morgan fingerprint density at radius 1 is 1.24 bits per heavy atom. The van der Waals surface area contributed by atoms with Crippen LogP contribution in [-0.2, 0) is 4.79 Å². The van der Waals surface area contributed by atoms with E-state index in [4.69, 9.17) is 4.74 Å². The van der Waals surface area contributed by atoms with E-state index >= 15 is 0 Å². The van der Waals surface area contributed by atoms with Crippen molar-refractivity contribution < 1.29 is 13.9 Å². The largest absolute Gasteiger partial charge is 0.487 e. The third-order valence-electron chi connectivity index (χ3n) is 4.24. The van der Waals surface area contributed by atoms with E-state index in [2.05, 4.69) is 5.32 Å². The van der Waals surface area contributed by atoms with Crippen molar-refractivity contribution in [1.82, 2.24) is 5.32 Å². The van der Waals surface area contributed by atoms with E-state index in [1.807, 2.05) is 39.0 Å². The molecule has 0 bridgehead atoms. The Labute approximate surface area is 147 Å². The third-order valence-corrected chi connectivity index (χ3v) is 4.24. The van der Waals surface area contributed by atoms with Crippen molar-refractivity contribution >= 4 is 12.0 Å². The number of carbonyl (C=O) groups is 1. The summed E-state index contributed by atoms with van der Waals surface area (Å²) in [7, 11) is 0. The molecule has 1 heterocycles. The quantitative estimate of drug-likeness (QED) is 0.832. The van der Waals surface area contributed by atoms with Crippen LogP contribution in [0.15, 0.2) is 48.5 Å². The molecule has 2 aromatic rings. The van der Waals surface area contributed by atoms with Crippen LogP contribution in [-0.4, -0.2) is 11.5 Å². The zero-order valence-corrected chi connectivity index (χ0v) is 14.7. The first-order valence-corrected chi connectivity index (χ1v) is 8.36. The van der Waals surface area contributed by atoms with Gasteiger partial charge in [0.15, 0.2) is 0 Å². The molecule has 0 saturated heterocycles. The maximum Gasteiger partial charge on any atom is 0.244 e. The highest BCUT2D eigenvalue weighted by atomic mass is 19.1. The van der Waals surface area contributed by atoms with Crippen molar-refractivity contribution in [2.45, 2.75) is 38.8 Å². The first kappa shape index (κ1) is 17.2. The topological polar surface area (TPSA) is 38.3 Å². The number of amides is 1. The van der Waals surface area contributed by atoms with E-state index in [0.717, 1.165) is 22.4 Å². The SMILES string of the molecule is Cc1ccc2c(c1)OC(C)(C)C[C@H]2NC(=O)/C=C/c1ccc(F)cc1. The van der Waals surface area contributed by atoms with Crippen LogP contribution in [0.25, 0.3) is 6.08 Å². The first-order chi connectivity index (χ1) is 11.8. The molecule has 0 fully saturated rings. The molecule has 0 unspecified atom stereocenters. The Kier molecular flexibility index (Phi) is 4.62. The molecule has 1 aliphatic heterocycles. The number of aryl methyl sites for hydroxylation is 1. The fourth-order valence-corrected chi connectivity index (χ4v) is 3.05. The van der Waals surface area contributed by atoms with Crippen molar-refractivity contribution in [3.63, 3.8) is 0 Å². The van der Waals surface area contributed by atoms with Crippen molar-refractivity contribution in [2.24, 2.45) is 0 Å². The second-order valence-corrected chi connectivity index (χ2v) is 7.05. The van der Waals surface area contributed by atoms with E-state index in [1.165, 1.54) is 18.2 Å². The summed E-state index contributed by atoms with van der Waals surface area (Å²) in [6.45, 7) is 6.06. The molecule has 1 amide bonds. The second kappa shape index (κ2) is 6.71. The first-order valence-electron chi connectivity index (χ1n) is 8.36. The monoisotopic (exact) mass is 339 g/mol. The predicted molar refractivity (Wildman–Crippen MR) is 96.8 cm³/mol. The Morgan fingerprint density at radius 3 is 2.68 bits per heavy atom. The molecule has 3 rings (SSSR count). The summed E-state index contributed by atoms with van der Waals surface area (Å²) < 4.78 is 19.0. The standard InChI is InChI=1S/C21H22FNO2/c1-14-4-10-17-18(13-21(2,3)25-19(17)12-14)23-20(24)11-7-15-5-8-16(22)9-6-15/h4-12,18H,13H2,1-3H3,(H,23,24)/b11-7+/t18-/m1/s1. The molecule has 0 aromatic heterocycles. The van der Waals surface area contributed by atoms with E-state index in [-0.39, 0.29) is 23.4 Å². The highest BCUT2D eigenvalue weighted by Gasteiger charge is 2.34. The molecule has 4 heteroatoms. The molecule has 2 aromatic carbocycles. The lowest BCUT2D eigenvalue weighted by Crippen LogP contribution is -2.40. The van der Waals surface area contributed by atoms with Gasteiger partial charge < -0.3 is 10.1 Å². The summed E-state index contributed by atoms with van der Waals surface area (Å²) in [5, 5.41) is 3.05. The molecule has 1 N–H and O–H groups in total. The molecule has 0 saturated carbocycles. The Morgan fingerprint density at radius 2 is 1.96 bits per heavy atom. The van der Waals surface area contributed by atoms with E-state index < -0.39 is 0 Å². The van der Waals surface area contributed by atoms with E-state index in [9.17, 15) is 9.18 Å². The number of hydrogen-bond donors (Lipinski definition) is 1. The van der Waals surface area contributed by atoms with Gasteiger partial charge in [-0.15, -0.1) is 0 Å². The summed E-state index contributed by atoms with van der Waals surface area (Å²) in [6.07, 6.45) is 3.85. The van der Waals surface area contributed by atoms with Crippen LogP contribution in [0.5, 0.6) is 5.75 Å². The van der Waals surface area contributed by atoms with Crippen LogP contribution >= 0.6 is 0 Å². The normalized spacial score (nSPS) is 18.5. The minimum absolute atomic E-state index is 0.107. The number of benzene rings is 2. The Bertz CT molecular complexity index is 809. The smallest absolute Gasteiger partial charge is 0.244 e. The number of rotatable bonds is 3. The molecule has 1 atom stereocenters. The average molecular weight is 339 g/mol. The number of fused-ring (bicyclic) bond motifs is 1. The third kappa shape index (κ3) is 4.27. The molecular formula is C21H22FNO2. The number of halogens is 1. The van der Waals surface area contributed by atoms with Gasteiger partial charge in [-0.3, -0.25) is 4.79 Å².